The van der Waals surface area contributed by atoms with Crippen LogP contribution in [0.25, 0.3) is 16.9 Å². The standard InChI is InChI=1S/C23H26FN7S/c1-2-18-23(26-14-22-28-19(15-32-22)16-4-6-17(24)7-5-16)31-20(27-18)8-9-21(29-31)30-12-3-10-25-11-13-30/h4-9,15,25-26H,2-3,10-14H2,1H3. The van der Waals surface area contributed by atoms with Crippen LogP contribution in [0.1, 0.15) is 24.0 Å². The molecule has 3 aromatic heterocycles. The Morgan fingerprint density at radius 3 is 2.81 bits per heavy atom. The van der Waals surface area contributed by atoms with Crippen LogP contribution in [0, 0.1) is 5.82 Å². The fraction of sp³-hybridized carbons (Fsp3) is 0.348. The van der Waals surface area contributed by atoms with E-state index in [1.165, 1.54) is 12.1 Å². The van der Waals surface area contributed by atoms with E-state index < -0.39 is 0 Å². The van der Waals surface area contributed by atoms with Crippen molar-refractivity contribution in [2.24, 2.45) is 0 Å². The highest BCUT2D eigenvalue weighted by Crippen LogP contribution is 2.25. The van der Waals surface area contributed by atoms with Gasteiger partial charge in [0.1, 0.15) is 16.6 Å². The maximum atomic E-state index is 13.2. The van der Waals surface area contributed by atoms with Gasteiger partial charge in [0.2, 0.25) is 0 Å². The molecule has 1 aliphatic rings. The molecule has 0 bridgehead atoms. The molecule has 4 heterocycles. The van der Waals surface area contributed by atoms with Gasteiger partial charge in [-0.1, -0.05) is 6.92 Å². The Labute approximate surface area is 190 Å². The summed E-state index contributed by atoms with van der Waals surface area (Å²) in [6.07, 6.45) is 1.92. The van der Waals surface area contributed by atoms with Gasteiger partial charge in [-0.25, -0.2) is 14.4 Å². The van der Waals surface area contributed by atoms with Crippen molar-refractivity contribution < 1.29 is 4.39 Å². The summed E-state index contributed by atoms with van der Waals surface area (Å²) in [7, 11) is 0. The van der Waals surface area contributed by atoms with E-state index in [1.807, 2.05) is 16.0 Å². The average Bonchev–Trinajstić information content (AvgIpc) is 3.32. The number of nitrogens with one attached hydrogen (secondary N) is 2. The van der Waals surface area contributed by atoms with Crippen LogP contribution < -0.4 is 15.5 Å². The van der Waals surface area contributed by atoms with Gasteiger partial charge in [-0.3, -0.25) is 0 Å². The Bertz CT molecular complexity index is 1190. The molecule has 1 saturated heterocycles. The van der Waals surface area contributed by atoms with Gasteiger partial charge in [-0.05, 0) is 55.8 Å². The molecule has 0 atom stereocenters. The van der Waals surface area contributed by atoms with Crippen molar-refractivity contribution in [1.82, 2.24) is 24.9 Å². The van der Waals surface area contributed by atoms with E-state index in [4.69, 9.17) is 15.1 Å². The minimum absolute atomic E-state index is 0.242. The Morgan fingerprint density at radius 2 is 1.97 bits per heavy atom. The number of hydrogen-bond acceptors (Lipinski definition) is 7. The van der Waals surface area contributed by atoms with Gasteiger partial charge in [0.15, 0.2) is 11.5 Å². The Balaban J connectivity index is 1.38. The predicted molar refractivity (Wildman–Crippen MR) is 127 cm³/mol. The van der Waals surface area contributed by atoms with E-state index in [0.29, 0.717) is 6.54 Å². The quantitative estimate of drug-likeness (QED) is 0.462. The number of rotatable bonds is 6. The van der Waals surface area contributed by atoms with Crippen molar-refractivity contribution in [3.05, 3.63) is 58.3 Å². The van der Waals surface area contributed by atoms with E-state index in [-0.39, 0.29) is 5.82 Å². The molecule has 1 fully saturated rings. The lowest BCUT2D eigenvalue weighted by Gasteiger charge is -2.21. The molecule has 0 saturated carbocycles. The predicted octanol–water partition coefficient (Wildman–Crippen LogP) is 3.97. The van der Waals surface area contributed by atoms with E-state index >= 15 is 0 Å². The molecule has 2 N–H and O–H groups in total. The summed E-state index contributed by atoms with van der Waals surface area (Å²) in [6.45, 7) is 6.63. The molecule has 4 aromatic rings. The zero-order valence-electron chi connectivity index (χ0n) is 18.0. The van der Waals surface area contributed by atoms with Crippen LogP contribution in [0.15, 0.2) is 41.8 Å². The van der Waals surface area contributed by atoms with Crippen molar-refractivity contribution in [1.29, 1.82) is 0 Å². The average molecular weight is 452 g/mol. The lowest BCUT2D eigenvalue weighted by molar-refractivity contribution is 0.628. The topological polar surface area (TPSA) is 70.4 Å². The second-order valence-electron chi connectivity index (χ2n) is 7.80. The largest absolute Gasteiger partial charge is 0.362 e. The van der Waals surface area contributed by atoms with Crippen LogP contribution in [0.5, 0.6) is 0 Å². The van der Waals surface area contributed by atoms with Gasteiger partial charge in [-0.2, -0.15) is 4.52 Å². The first-order valence-electron chi connectivity index (χ1n) is 11.0. The second-order valence-corrected chi connectivity index (χ2v) is 8.74. The smallest absolute Gasteiger partial charge is 0.156 e. The summed E-state index contributed by atoms with van der Waals surface area (Å²) < 4.78 is 15.1. The van der Waals surface area contributed by atoms with E-state index in [2.05, 4.69) is 28.5 Å². The van der Waals surface area contributed by atoms with Gasteiger partial charge >= 0.3 is 0 Å². The summed E-state index contributed by atoms with van der Waals surface area (Å²) >= 11 is 1.58. The highest BCUT2D eigenvalue weighted by molar-refractivity contribution is 7.09. The van der Waals surface area contributed by atoms with Crippen molar-refractivity contribution >= 4 is 28.6 Å². The van der Waals surface area contributed by atoms with E-state index in [1.54, 1.807) is 23.5 Å². The maximum absolute atomic E-state index is 13.2. The number of nitrogens with zero attached hydrogens (tertiary/aromatic N) is 5. The van der Waals surface area contributed by atoms with Gasteiger partial charge < -0.3 is 15.5 Å². The Morgan fingerprint density at radius 1 is 1.09 bits per heavy atom. The van der Waals surface area contributed by atoms with Gasteiger partial charge in [0.05, 0.1) is 17.9 Å². The first kappa shape index (κ1) is 20.8. The van der Waals surface area contributed by atoms with Crippen LogP contribution in [0.2, 0.25) is 0 Å². The van der Waals surface area contributed by atoms with Crippen LogP contribution in [0.3, 0.4) is 0 Å². The summed E-state index contributed by atoms with van der Waals surface area (Å²) in [6, 6.07) is 10.5. The van der Waals surface area contributed by atoms with Gasteiger partial charge in [0.25, 0.3) is 0 Å². The number of aryl methyl sites for hydroxylation is 1. The number of halogens is 1. The number of benzene rings is 1. The third-order valence-electron chi connectivity index (χ3n) is 5.63. The van der Waals surface area contributed by atoms with Gasteiger partial charge in [-0.15, -0.1) is 16.4 Å². The molecular weight excluding hydrogens is 425 g/mol. The molecule has 1 aromatic carbocycles. The lowest BCUT2D eigenvalue weighted by atomic mass is 10.2. The summed E-state index contributed by atoms with van der Waals surface area (Å²) in [5.74, 6) is 1.64. The molecule has 9 heteroatoms. The van der Waals surface area contributed by atoms with Crippen LogP contribution in [-0.4, -0.2) is 45.8 Å². The molecule has 0 spiro atoms. The molecule has 1 aliphatic heterocycles. The van der Waals surface area contributed by atoms with Gasteiger partial charge in [0, 0.05) is 30.6 Å². The Hall–Kier alpha value is -3.04. The molecule has 0 aliphatic carbocycles. The van der Waals surface area contributed by atoms with E-state index in [9.17, 15) is 4.39 Å². The van der Waals surface area contributed by atoms with E-state index in [0.717, 1.165) is 78.3 Å². The van der Waals surface area contributed by atoms with Crippen LogP contribution >= 0.6 is 11.3 Å². The fourth-order valence-electron chi connectivity index (χ4n) is 3.94. The minimum Gasteiger partial charge on any atom is -0.362 e. The van der Waals surface area contributed by atoms with Crippen molar-refractivity contribution in [2.75, 3.05) is 36.4 Å². The zero-order valence-corrected chi connectivity index (χ0v) is 18.8. The number of aromatic nitrogens is 4. The first-order chi connectivity index (χ1) is 15.7. The number of thiazole rings is 1. The first-order valence-corrected chi connectivity index (χ1v) is 11.9. The third-order valence-corrected chi connectivity index (χ3v) is 6.48. The number of hydrogen-bond donors (Lipinski definition) is 2. The van der Waals surface area contributed by atoms with Crippen LogP contribution in [0.4, 0.5) is 16.0 Å². The summed E-state index contributed by atoms with van der Waals surface area (Å²) in [5.41, 5.74) is 3.60. The normalized spacial score (nSPS) is 14.6. The lowest BCUT2D eigenvalue weighted by Crippen LogP contribution is -2.29. The number of anilines is 2. The summed E-state index contributed by atoms with van der Waals surface area (Å²) in [5, 5.41) is 14.8. The van der Waals surface area contributed by atoms with Crippen LogP contribution in [-0.2, 0) is 13.0 Å². The highest BCUT2D eigenvalue weighted by Gasteiger charge is 2.16. The molecule has 166 valence electrons. The maximum Gasteiger partial charge on any atom is 0.156 e. The van der Waals surface area contributed by atoms with Crippen molar-refractivity contribution in [3.63, 3.8) is 0 Å². The SMILES string of the molecule is CCc1nc2ccc(N3CCCNCC3)nn2c1NCc1nc(-c2ccc(F)cc2)cs1. The van der Waals surface area contributed by atoms with Crippen molar-refractivity contribution in [3.8, 4) is 11.3 Å². The number of imidazole rings is 1. The molecule has 32 heavy (non-hydrogen) atoms. The molecule has 0 radical (unpaired) electrons. The minimum atomic E-state index is -0.242. The monoisotopic (exact) mass is 451 g/mol. The molecular formula is C23H26FN7S. The molecule has 0 amide bonds. The number of fused-ring (bicyclic) bond motifs is 1. The second kappa shape index (κ2) is 9.22. The summed E-state index contributed by atoms with van der Waals surface area (Å²) in [4.78, 5) is 11.8. The Kier molecular flexibility index (Phi) is 6.00. The highest BCUT2D eigenvalue weighted by atomic mass is 32.1. The molecule has 7 nitrogen and oxygen atoms in total. The zero-order chi connectivity index (χ0) is 21.9. The fourth-order valence-corrected chi connectivity index (χ4v) is 4.68. The third kappa shape index (κ3) is 4.31. The van der Waals surface area contributed by atoms with Crippen molar-refractivity contribution in [2.45, 2.75) is 26.3 Å². The molecule has 5 rings (SSSR count). The molecule has 0 unspecified atom stereocenters.